The number of benzene rings is 1. The highest BCUT2D eigenvalue weighted by atomic mass is 19.1. The number of rotatable bonds is 9. The van der Waals surface area contributed by atoms with Crippen LogP contribution in [0.25, 0.3) is 0 Å². The summed E-state index contributed by atoms with van der Waals surface area (Å²) in [7, 11) is 0. The second kappa shape index (κ2) is 8.99. The third-order valence-corrected chi connectivity index (χ3v) is 4.17. The second-order valence-electron chi connectivity index (χ2n) is 6.33. The Bertz CT molecular complexity index is 611. The summed E-state index contributed by atoms with van der Waals surface area (Å²) in [5.74, 6) is 1.08. The molecule has 0 saturated carbocycles. The lowest BCUT2D eigenvalue weighted by Crippen LogP contribution is -2.39. The summed E-state index contributed by atoms with van der Waals surface area (Å²) in [6.07, 6.45) is 3.29. The van der Waals surface area contributed by atoms with Crippen molar-refractivity contribution < 1.29 is 23.4 Å². The Balaban J connectivity index is 1.51. The van der Waals surface area contributed by atoms with Crippen molar-refractivity contribution in [3.63, 3.8) is 0 Å². The summed E-state index contributed by atoms with van der Waals surface area (Å²) in [5, 5.41) is 10.3. The van der Waals surface area contributed by atoms with E-state index >= 15 is 0 Å². The Morgan fingerprint density at radius 3 is 2.80 bits per heavy atom. The van der Waals surface area contributed by atoms with Crippen LogP contribution in [0.1, 0.15) is 18.6 Å². The number of hydrogen-bond acceptors (Lipinski definition) is 5. The highest BCUT2D eigenvalue weighted by Crippen LogP contribution is 2.16. The lowest BCUT2D eigenvalue weighted by molar-refractivity contribution is 0.0290. The average Bonchev–Trinajstić information content (AvgIpc) is 3.28. The molecule has 0 aliphatic carbocycles. The lowest BCUT2D eigenvalue weighted by Gasteiger charge is -2.26. The van der Waals surface area contributed by atoms with Crippen LogP contribution < -0.4 is 4.74 Å². The number of aliphatic hydroxyl groups excluding tert-OH is 1. The van der Waals surface area contributed by atoms with Gasteiger partial charge in [0.05, 0.1) is 18.9 Å². The van der Waals surface area contributed by atoms with Gasteiger partial charge in [-0.05, 0) is 49.2 Å². The van der Waals surface area contributed by atoms with Crippen molar-refractivity contribution >= 4 is 0 Å². The van der Waals surface area contributed by atoms with Crippen LogP contribution in [-0.2, 0) is 11.3 Å². The number of nitrogens with zero attached hydrogens (tertiary/aromatic N) is 1. The fourth-order valence-electron chi connectivity index (χ4n) is 2.98. The lowest BCUT2D eigenvalue weighted by atomic mass is 10.2. The van der Waals surface area contributed by atoms with Crippen molar-refractivity contribution in [3.05, 3.63) is 54.2 Å². The van der Waals surface area contributed by atoms with E-state index in [-0.39, 0.29) is 18.5 Å². The summed E-state index contributed by atoms with van der Waals surface area (Å²) < 4.78 is 29.6. The van der Waals surface area contributed by atoms with Gasteiger partial charge in [-0.2, -0.15) is 0 Å². The van der Waals surface area contributed by atoms with Crippen LogP contribution >= 0.6 is 0 Å². The van der Waals surface area contributed by atoms with E-state index in [1.165, 1.54) is 12.1 Å². The van der Waals surface area contributed by atoms with Crippen LogP contribution in [-0.4, -0.2) is 48.5 Å². The first-order valence-electron chi connectivity index (χ1n) is 8.62. The van der Waals surface area contributed by atoms with Crippen molar-refractivity contribution in [3.8, 4) is 5.75 Å². The third-order valence-electron chi connectivity index (χ3n) is 4.17. The minimum absolute atomic E-state index is 0.145. The molecule has 1 aromatic carbocycles. The SMILES string of the molecule is OC(COc1ccc(F)cc1)CN(Cc1ccco1)CC1CCCO1. The molecule has 0 bridgehead atoms. The Morgan fingerprint density at radius 1 is 1.28 bits per heavy atom. The zero-order chi connectivity index (χ0) is 17.5. The van der Waals surface area contributed by atoms with E-state index in [9.17, 15) is 9.50 Å². The van der Waals surface area contributed by atoms with Gasteiger partial charge in [-0.1, -0.05) is 0 Å². The molecule has 2 aromatic rings. The predicted octanol–water partition coefficient (Wildman–Crippen LogP) is 2.84. The minimum atomic E-state index is -0.665. The van der Waals surface area contributed by atoms with Crippen molar-refractivity contribution in [2.75, 3.05) is 26.3 Å². The first-order valence-corrected chi connectivity index (χ1v) is 8.62. The van der Waals surface area contributed by atoms with E-state index in [0.29, 0.717) is 18.8 Å². The number of hydrogen-bond donors (Lipinski definition) is 1. The van der Waals surface area contributed by atoms with E-state index in [1.807, 2.05) is 12.1 Å². The highest BCUT2D eigenvalue weighted by molar-refractivity contribution is 5.22. The van der Waals surface area contributed by atoms with Gasteiger partial charge in [-0.3, -0.25) is 4.90 Å². The Hall–Kier alpha value is -1.89. The van der Waals surface area contributed by atoms with Crippen LogP contribution in [0, 0.1) is 5.82 Å². The average molecular weight is 349 g/mol. The fourth-order valence-corrected chi connectivity index (χ4v) is 2.98. The van der Waals surface area contributed by atoms with Gasteiger partial charge >= 0.3 is 0 Å². The first-order chi connectivity index (χ1) is 12.2. The molecule has 25 heavy (non-hydrogen) atoms. The summed E-state index contributed by atoms with van der Waals surface area (Å²) in [6, 6.07) is 9.55. The van der Waals surface area contributed by atoms with Crippen LogP contribution in [0.2, 0.25) is 0 Å². The molecule has 1 fully saturated rings. The van der Waals surface area contributed by atoms with E-state index in [0.717, 1.165) is 31.8 Å². The summed E-state index contributed by atoms with van der Waals surface area (Å²) in [4.78, 5) is 2.12. The first kappa shape index (κ1) is 17.9. The van der Waals surface area contributed by atoms with Crippen LogP contribution in [0.5, 0.6) is 5.75 Å². The molecule has 3 rings (SSSR count). The molecular weight excluding hydrogens is 325 g/mol. The maximum atomic E-state index is 12.9. The maximum absolute atomic E-state index is 12.9. The third kappa shape index (κ3) is 5.85. The molecule has 1 saturated heterocycles. The molecule has 0 amide bonds. The zero-order valence-electron chi connectivity index (χ0n) is 14.1. The molecule has 1 N–H and O–H groups in total. The summed E-state index contributed by atoms with van der Waals surface area (Å²) >= 11 is 0. The second-order valence-corrected chi connectivity index (χ2v) is 6.33. The van der Waals surface area contributed by atoms with Gasteiger partial charge in [0.15, 0.2) is 0 Å². The Kier molecular flexibility index (Phi) is 6.44. The molecule has 1 aliphatic rings. The van der Waals surface area contributed by atoms with E-state index in [4.69, 9.17) is 13.9 Å². The van der Waals surface area contributed by atoms with Gasteiger partial charge in [-0.15, -0.1) is 0 Å². The molecule has 2 heterocycles. The molecule has 5 nitrogen and oxygen atoms in total. The maximum Gasteiger partial charge on any atom is 0.123 e. The van der Waals surface area contributed by atoms with E-state index in [1.54, 1.807) is 18.4 Å². The number of aliphatic hydroxyl groups is 1. The fraction of sp³-hybridized carbons (Fsp3) is 0.474. The molecule has 0 radical (unpaired) electrons. The van der Waals surface area contributed by atoms with Gasteiger partial charge in [-0.25, -0.2) is 4.39 Å². The molecule has 1 aromatic heterocycles. The Labute approximate surface area is 147 Å². The van der Waals surface area contributed by atoms with Crippen molar-refractivity contribution in [2.45, 2.75) is 31.6 Å². The van der Waals surface area contributed by atoms with Gasteiger partial charge in [0.1, 0.15) is 30.0 Å². The highest BCUT2D eigenvalue weighted by Gasteiger charge is 2.22. The monoisotopic (exact) mass is 349 g/mol. The number of furan rings is 1. The van der Waals surface area contributed by atoms with Crippen molar-refractivity contribution in [1.29, 1.82) is 0 Å². The van der Waals surface area contributed by atoms with Crippen LogP contribution in [0.4, 0.5) is 4.39 Å². The zero-order valence-corrected chi connectivity index (χ0v) is 14.1. The minimum Gasteiger partial charge on any atom is -0.491 e. The Morgan fingerprint density at radius 2 is 2.12 bits per heavy atom. The molecule has 1 aliphatic heterocycles. The van der Waals surface area contributed by atoms with E-state index in [2.05, 4.69) is 4.90 Å². The van der Waals surface area contributed by atoms with Gasteiger partial charge in [0, 0.05) is 19.7 Å². The standard InChI is InChI=1S/C19H24FNO4/c20-15-5-7-17(8-6-15)25-14-16(22)11-21(12-18-3-1-9-23-18)13-19-4-2-10-24-19/h1,3,5-9,16,19,22H,2,4,10-14H2. The smallest absolute Gasteiger partial charge is 0.123 e. The molecule has 2 atom stereocenters. The molecule has 6 heteroatoms. The summed E-state index contributed by atoms with van der Waals surface area (Å²) in [6.45, 7) is 2.75. The topological polar surface area (TPSA) is 55.1 Å². The van der Waals surface area contributed by atoms with E-state index < -0.39 is 6.10 Å². The molecular formula is C19H24FNO4. The van der Waals surface area contributed by atoms with Crippen molar-refractivity contribution in [1.82, 2.24) is 4.90 Å². The molecule has 136 valence electrons. The van der Waals surface area contributed by atoms with Gasteiger partial charge in [0.25, 0.3) is 0 Å². The van der Waals surface area contributed by atoms with Crippen LogP contribution in [0.3, 0.4) is 0 Å². The summed E-state index contributed by atoms with van der Waals surface area (Å²) in [5.41, 5.74) is 0. The number of halogens is 1. The van der Waals surface area contributed by atoms with Gasteiger partial charge in [0.2, 0.25) is 0 Å². The van der Waals surface area contributed by atoms with Crippen LogP contribution in [0.15, 0.2) is 47.1 Å². The van der Waals surface area contributed by atoms with Gasteiger partial charge < -0.3 is 19.0 Å². The van der Waals surface area contributed by atoms with Crippen molar-refractivity contribution in [2.24, 2.45) is 0 Å². The largest absolute Gasteiger partial charge is 0.491 e. The molecule has 0 spiro atoms. The normalized spacial score (nSPS) is 18.6. The molecule has 2 unspecified atom stereocenters. The predicted molar refractivity (Wildman–Crippen MR) is 90.9 cm³/mol. The quantitative estimate of drug-likeness (QED) is 0.754. The number of ether oxygens (including phenoxy) is 2.